The lowest BCUT2D eigenvalue weighted by Crippen LogP contribution is -2.32. The Bertz CT molecular complexity index is 817. The van der Waals surface area contributed by atoms with E-state index in [1.54, 1.807) is 24.3 Å². The minimum atomic E-state index is -4.49. The molecule has 1 N–H and O–H groups in total. The monoisotopic (exact) mass is 392 g/mol. The van der Waals surface area contributed by atoms with Gasteiger partial charge < -0.3 is 15.0 Å². The van der Waals surface area contributed by atoms with Crippen LogP contribution in [-0.4, -0.2) is 31.3 Å². The number of para-hydroxylation sites is 3. The number of amides is 1. The van der Waals surface area contributed by atoms with Gasteiger partial charge in [0.15, 0.2) is 6.10 Å². The molecule has 3 rings (SSSR count). The molecule has 2 aromatic carbocycles. The van der Waals surface area contributed by atoms with E-state index in [2.05, 4.69) is 10.2 Å². The molecule has 2 aromatic rings. The molecule has 0 spiro atoms. The Kier molecular flexibility index (Phi) is 6.11. The number of hydrogen-bond acceptors (Lipinski definition) is 3. The third-order valence-electron chi connectivity index (χ3n) is 4.75. The zero-order valence-electron chi connectivity index (χ0n) is 15.6. The number of rotatable bonds is 5. The first-order valence-corrected chi connectivity index (χ1v) is 9.34. The number of carbonyl (C=O) groups is 1. The average molecular weight is 392 g/mol. The third kappa shape index (κ3) is 4.77. The van der Waals surface area contributed by atoms with E-state index in [0.717, 1.165) is 38.5 Å². The van der Waals surface area contributed by atoms with Crippen LogP contribution in [-0.2, 0) is 0 Å². The van der Waals surface area contributed by atoms with Crippen molar-refractivity contribution < 1.29 is 22.7 Å². The van der Waals surface area contributed by atoms with Gasteiger partial charge in [-0.2, -0.15) is 13.2 Å². The fourth-order valence-corrected chi connectivity index (χ4v) is 3.20. The molecule has 7 heteroatoms. The average Bonchev–Trinajstić information content (AvgIpc) is 2.69. The number of piperidine rings is 1. The molecule has 0 aliphatic carbocycles. The molecular weight excluding hydrogens is 369 g/mol. The number of nitrogens with zero attached hydrogens (tertiary/aromatic N) is 1. The van der Waals surface area contributed by atoms with Gasteiger partial charge in [-0.05, 0) is 50.5 Å². The first-order valence-electron chi connectivity index (χ1n) is 9.34. The van der Waals surface area contributed by atoms with Crippen LogP contribution < -0.4 is 15.0 Å². The van der Waals surface area contributed by atoms with E-state index >= 15 is 0 Å². The number of halogens is 3. The minimum Gasteiger partial charge on any atom is -0.479 e. The summed E-state index contributed by atoms with van der Waals surface area (Å²) in [6.45, 7) is 2.70. The van der Waals surface area contributed by atoms with Gasteiger partial charge in [0.05, 0.1) is 11.3 Å². The van der Waals surface area contributed by atoms with Crippen LogP contribution in [0.4, 0.5) is 24.5 Å². The number of carbonyl (C=O) groups excluding carboxylic acids is 1. The van der Waals surface area contributed by atoms with Crippen molar-refractivity contribution >= 4 is 17.3 Å². The number of alkyl halides is 3. The van der Waals surface area contributed by atoms with E-state index in [4.69, 9.17) is 4.74 Å². The number of benzene rings is 2. The molecule has 1 saturated heterocycles. The SMILES string of the molecule is CC(Oc1ccccc1NC(=O)c1ccccc1N1CCCCC1)C(F)(F)F. The Morgan fingerprint density at radius 2 is 1.68 bits per heavy atom. The van der Waals surface area contributed by atoms with Crippen LogP contribution >= 0.6 is 0 Å². The molecule has 1 aliphatic rings. The summed E-state index contributed by atoms with van der Waals surface area (Å²) in [6.07, 6.45) is -3.15. The lowest BCUT2D eigenvalue weighted by molar-refractivity contribution is -0.189. The van der Waals surface area contributed by atoms with Gasteiger partial charge in [-0.15, -0.1) is 0 Å². The predicted molar refractivity (Wildman–Crippen MR) is 103 cm³/mol. The van der Waals surface area contributed by atoms with Gasteiger partial charge in [0.1, 0.15) is 5.75 Å². The van der Waals surface area contributed by atoms with Crippen LogP contribution in [0.3, 0.4) is 0 Å². The number of anilines is 2. The van der Waals surface area contributed by atoms with Crippen molar-refractivity contribution in [3.8, 4) is 5.75 Å². The summed E-state index contributed by atoms with van der Waals surface area (Å²) in [6, 6.07) is 13.4. The fourth-order valence-electron chi connectivity index (χ4n) is 3.20. The smallest absolute Gasteiger partial charge is 0.425 e. The topological polar surface area (TPSA) is 41.6 Å². The molecule has 1 heterocycles. The van der Waals surface area contributed by atoms with Crippen LogP contribution in [0, 0.1) is 0 Å². The highest BCUT2D eigenvalue weighted by Crippen LogP contribution is 2.31. The van der Waals surface area contributed by atoms with Crippen LogP contribution in [0.15, 0.2) is 48.5 Å². The minimum absolute atomic E-state index is 0.0175. The first-order chi connectivity index (χ1) is 13.4. The van der Waals surface area contributed by atoms with Gasteiger partial charge in [0.2, 0.25) is 0 Å². The Morgan fingerprint density at radius 3 is 2.39 bits per heavy atom. The molecule has 1 amide bonds. The Morgan fingerprint density at radius 1 is 1.04 bits per heavy atom. The molecule has 4 nitrogen and oxygen atoms in total. The van der Waals surface area contributed by atoms with E-state index in [-0.39, 0.29) is 17.3 Å². The van der Waals surface area contributed by atoms with Crippen molar-refractivity contribution in [2.45, 2.75) is 38.5 Å². The molecule has 28 heavy (non-hydrogen) atoms. The lowest BCUT2D eigenvalue weighted by Gasteiger charge is -2.30. The fraction of sp³-hybridized carbons (Fsp3) is 0.381. The van der Waals surface area contributed by atoms with Crippen LogP contribution in [0.1, 0.15) is 36.5 Å². The maximum absolute atomic E-state index is 12.9. The van der Waals surface area contributed by atoms with Gasteiger partial charge in [0.25, 0.3) is 5.91 Å². The molecule has 1 fully saturated rings. The van der Waals surface area contributed by atoms with E-state index in [9.17, 15) is 18.0 Å². The number of ether oxygens (including phenoxy) is 1. The largest absolute Gasteiger partial charge is 0.479 e. The second-order valence-electron chi connectivity index (χ2n) is 6.82. The molecule has 0 radical (unpaired) electrons. The summed E-state index contributed by atoms with van der Waals surface area (Å²) in [7, 11) is 0. The van der Waals surface area contributed by atoms with Gasteiger partial charge >= 0.3 is 6.18 Å². The van der Waals surface area contributed by atoms with Crippen molar-refractivity contribution in [3.63, 3.8) is 0 Å². The standard InChI is InChI=1S/C21H23F3N2O2/c1-15(21(22,23)24)28-19-12-6-4-10-17(19)25-20(27)16-9-3-5-11-18(16)26-13-7-2-8-14-26/h3-6,9-12,15H,2,7-8,13-14H2,1H3,(H,25,27). The quantitative estimate of drug-likeness (QED) is 0.755. The van der Waals surface area contributed by atoms with E-state index in [1.807, 2.05) is 12.1 Å². The molecule has 1 aliphatic heterocycles. The summed E-state index contributed by atoms with van der Waals surface area (Å²) in [5.41, 5.74) is 1.53. The zero-order valence-corrected chi connectivity index (χ0v) is 15.6. The second kappa shape index (κ2) is 8.54. The summed E-state index contributed by atoms with van der Waals surface area (Å²) in [5.74, 6) is -0.395. The molecule has 0 aromatic heterocycles. The maximum Gasteiger partial charge on any atom is 0.425 e. The predicted octanol–water partition coefficient (Wildman–Crippen LogP) is 5.26. The van der Waals surface area contributed by atoms with E-state index < -0.39 is 12.3 Å². The molecular formula is C21H23F3N2O2. The summed E-state index contributed by atoms with van der Waals surface area (Å²) >= 11 is 0. The highest BCUT2D eigenvalue weighted by Gasteiger charge is 2.38. The first kappa shape index (κ1) is 20.0. The van der Waals surface area contributed by atoms with Gasteiger partial charge in [-0.1, -0.05) is 24.3 Å². The maximum atomic E-state index is 12.9. The van der Waals surface area contributed by atoms with Gasteiger partial charge in [0, 0.05) is 18.8 Å². The zero-order chi connectivity index (χ0) is 20.1. The van der Waals surface area contributed by atoms with Crippen molar-refractivity contribution in [1.29, 1.82) is 0 Å². The summed E-state index contributed by atoms with van der Waals surface area (Å²) in [4.78, 5) is 15.1. The van der Waals surface area contributed by atoms with E-state index in [1.165, 1.54) is 18.6 Å². The summed E-state index contributed by atoms with van der Waals surface area (Å²) in [5, 5.41) is 2.71. The van der Waals surface area contributed by atoms with Crippen molar-refractivity contribution in [1.82, 2.24) is 0 Å². The second-order valence-corrected chi connectivity index (χ2v) is 6.82. The molecule has 1 atom stereocenters. The van der Waals surface area contributed by atoms with Gasteiger partial charge in [-0.3, -0.25) is 4.79 Å². The van der Waals surface area contributed by atoms with Crippen LogP contribution in [0.5, 0.6) is 5.75 Å². The Balaban J connectivity index is 1.81. The molecule has 0 bridgehead atoms. The van der Waals surface area contributed by atoms with Crippen LogP contribution in [0.25, 0.3) is 0 Å². The molecule has 0 saturated carbocycles. The highest BCUT2D eigenvalue weighted by atomic mass is 19.4. The van der Waals surface area contributed by atoms with E-state index in [0.29, 0.717) is 5.56 Å². The van der Waals surface area contributed by atoms with Gasteiger partial charge in [-0.25, -0.2) is 0 Å². The molecule has 1 unspecified atom stereocenters. The van der Waals surface area contributed by atoms with Crippen molar-refractivity contribution in [2.24, 2.45) is 0 Å². The number of nitrogens with one attached hydrogen (secondary N) is 1. The third-order valence-corrected chi connectivity index (χ3v) is 4.75. The highest BCUT2D eigenvalue weighted by molar-refractivity contribution is 6.08. The van der Waals surface area contributed by atoms with Crippen molar-refractivity contribution in [3.05, 3.63) is 54.1 Å². The lowest BCUT2D eigenvalue weighted by atomic mass is 10.1. The number of hydrogen-bond donors (Lipinski definition) is 1. The normalized spacial score (nSPS) is 15.8. The molecule has 150 valence electrons. The van der Waals surface area contributed by atoms with Crippen LogP contribution in [0.2, 0.25) is 0 Å². The Hall–Kier alpha value is -2.70. The Labute approximate surface area is 162 Å². The summed E-state index contributed by atoms with van der Waals surface area (Å²) < 4.78 is 43.5. The van der Waals surface area contributed by atoms with Crippen molar-refractivity contribution in [2.75, 3.05) is 23.3 Å².